The van der Waals surface area contributed by atoms with E-state index in [1.165, 1.54) is 0 Å². The van der Waals surface area contributed by atoms with Crippen molar-refractivity contribution in [1.82, 2.24) is 0 Å². The van der Waals surface area contributed by atoms with Gasteiger partial charge in [0.2, 0.25) is 0 Å². The zero-order valence-corrected chi connectivity index (χ0v) is 8.76. The predicted octanol–water partition coefficient (Wildman–Crippen LogP) is 0.237. The highest BCUT2D eigenvalue weighted by Gasteiger charge is 2.16. The quantitative estimate of drug-likeness (QED) is 0.429. The molecule has 0 amide bonds. The topological polar surface area (TPSA) is 80.9 Å². The van der Waals surface area contributed by atoms with Crippen LogP contribution in [0.25, 0.3) is 0 Å². The minimum Gasteiger partial charge on any atom is -0.396 e. The lowest BCUT2D eigenvalue weighted by molar-refractivity contribution is -0.0484. The van der Waals surface area contributed by atoms with Gasteiger partial charge < -0.3 is 20.4 Å². The summed E-state index contributed by atoms with van der Waals surface area (Å²) >= 11 is 0. The fraction of sp³-hybridized carbons (Fsp3) is 1.00. The van der Waals surface area contributed by atoms with E-state index in [9.17, 15) is 5.11 Å². The summed E-state index contributed by atoms with van der Waals surface area (Å²) in [6.45, 7) is 1.99. The van der Waals surface area contributed by atoms with Gasteiger partial charge in [-0.2, -0.15) is 0 Å². The fourth-order valence-electron chi connectivity index (χ4n) is 1.60. The molecule has 0 rings (SSSR count). The molecule has 0 aliphatic heterocycles. The molecule has 0 fully saturated rings. The molecule has 86 valence electrons. The molecule has 0 aliphatic carbocycles. The second kappa shape index (κ2) is 8.17. The van der Waals surface area contributed by atoms with Gasteiger partial charge >= 0.3 is 0 Å². The Hall–Kier alpha value is -0.160. The Balaban J connectivity index is 3.66. The molecule has 0 radical (unpaired) electrons. The number of aliphatic hydroxyl groups excluding tert-OH is 3. The number of aliphatic hydroxyl groups is 4. The largest absolute Gasteiger partial charge is 0.396 e. The molecule has 0 saturated heterocycles. The first-order chi connectivity index (χ1) is 6.61. The summed E-state index contributed by atoms with van der Waals surface area (Å²) in [6, 6.07) is 0. The molecule has 0 aromatic carbocycles. The maximum atomic E-state index is 9.59. The third kappa shape index (κ3) is 6.32. The molecule has 0 saturated carbocycles. The summed E-state index contributed by atoms with van der Waals surface area (Å²) in [7, 11) is 0. The Labute approximate surface area is 85.2 Å². The summed E-state index contributed by atoms with van der Waals surface area (Å²) in [6.07, 6.45) is 1.35. The third-order valence-corrected chi connectivity index (χ3v) is 2.53. The van der Waals surface area contributed by atoms with Crippen LogP contribution in [0.2, 0.25) is 0 Å². The van der Waals surface area contributed by atoms with Crippen LogP contribution < -0.4 is 0 Å². The predicted molar refractivity (Wildman–Crippen MR) is 53.6 cm³/mol. The van der Waals surface area contributed by atoms with Gasteiger partial charge in [0.1, 0.15) is 0 Å². The van der Waals surface area contributed by atoms with Crippen molar-refractivity contribution in [3.05, 3.63) is 0 Å². The highest BCUT2D eigenvalue weighted by Crippen LogP contribution is 2.19. The van der Waals surface area contributed by atoms with Gasteiger partial charge in [-0.3, -0.25) is 0 Å². The van der Waals surface area contributed by atoms with Gasteiger partial charge in [-0.1, -0.05) is 13.3 Å². The van der Waals surface area contributed by atoms with E-state index in [1.54, 1.807) is 0 Å². The van der Waals surface area contributed by atoms with Gasteiger partial charge in [0.15, 0.2) is 6.29 Å². The molecule has 0 bridgehead atoms. The van der Waals surface area contributed by atoms with Crippen molar-refractivity contribution in [1.29, 1.82) is 0 Å². The molecule has 2 unspecified atom stereocenters. The number of hydrogen-bond acceptors (Lipinski definition) is 4. The van der Waals surface area contributed by atoms with Crippen LogP contribution in [-0.4, -0.2) is 39.4 Å². The van der Waals surface area contributed by atoms with Crippen LogP contribution in [0.5, 0.6) is 0 Å². The Morgan fingerprint density at radius 1 is 1.00 bits per heavy atom. The van der Waals surface area contributed by atoms with E-state index >= 15 is 0 Å². The van der Waals surface area contributed by atoms with Gasteiger partial charge in [-0.15, -0.1) is 0 Å². The highest BCUT2D eigenvalue weighted by atomic mass is 16.5. The van der Waals surface area contributed by atoms with E-state index in [0.29, 0.717) is 19.3 Å². The molecular formula is C10H22O4. The summed E-state index contributed by atoms with van der Waals surface area (Å²) in [5, 5.41) is 35.5. The Bertz CT molecular complexity index is 127. The van der Waals surface area contributed by atoms with Crippen LogP contribution in [0.4, 0.5) is 0 Å². The first-order valence-corrected chi connectivity index (χ1v) is 5.26. The van der Waals surface area contributed by atoms with Crippen molar-refractivity contribution in [3.63, 3.8) is 0 Å². The summed E-state index contributed by atoms with van der Waals surface area (Å²) in [5.41, 5.74) is 0. The SMILES string of the molecule is CCC(CCCC(O)O)C(O)CCO. The number of rotatable bonds is 8. The average Bonchev–Trinajstić information content (AvgIpc) is 2.12. The monoisotopic (exact) mass is 206 g/mol. The van der Waals surface area contributed by atoms with E-state index in [4.69, 9.17) is 15.3 Å². The van der Waals surface area contributed by atoms with Crippen molar-refractivity contribution >= 4 is 0 Å². The Morgan fingerprint density at radius 3 is 2.07 bits per heavy atom. The lowest BCUT2D eigenvalue weighted by Gasteiger charge is -2.20. The molecular weight excluding hydrogens is 184 g/mol. The molecule has 4 nitrogen and oxygen atoms in total. The van der Waals surface area contributed by atoms with Crippen molar-refractivity contribution in [2.24, 2.45) is 5.92 Å². The van der Waals surface area contributed by atoms with E-state index in [-0.39, 0.29) is 12.5 Å². The summed E-state index contributed by atoms with van der Waals surface area (Å²) in [5.74, 6) is 0.154. The minimum absolute atomic E-state index is 0.000289. The minimum atomic E-state index is -1.25. The molecule has 4 heteroatoms. The molecule has 0 aromatic heterocycles. The first-order valence-electron chi connectivity index (χ1n) is 5.26. The van der Waals surface area contributed by atoms with Crippen molar-refractivity contribution in [2.45, 2.75) is 51.4 Å². The molecule has 0 aromatic rings. The molecule has 0 heterocycles. The third-order valence-electron chi connectivity index (χ3n) is 2.53. The Morgan fingerprint density at radius 2 is 1.64 bits per heavy atom. The normalized spacial score (nSPS) is 15.9. The summed E-state index contributed by atoms with van der Waals surface area (Å²) < 4.78 is 0. The van der Waals surface area contributed by atoms with E-state index in [1.807, 2.05) is 6.92 Å². The van der Waals surface area contributed by atoms with E-state index in [2.05, 4.69) is 0 Å². The van der Waals surface area contributed by atoms with Gasteiger partial charge in [0.25, 0.3) is 0 Å². The standard InChI is InChI=1S/C10H22O4/c1-2-8(9(12)6-7-11)4-3-5-10(13)14/h8-14H,2-7H2,1H3. The molecule has 0 aliphatic rings. The van der Waals surface area contributed by atoms with Crippen molar-refractivity contribution in [3.8, 4) is 0 Å². The lowest BCUT2D eigenvalue weighted by atomic mass is 9.91. The van der Waals surface area contributed by atoms with E-state index in [0.717, 1.165) is 12.8 Å². The second-order valence-electron chi connectivity index (χ2n) is 3.66. The molecule has 14 heavy (non-hydrogen) atoms. The molecule has 0 spiro atoms. The Kier molecular flexibility index (Phi) is 8.08. The van der Waals surface area contributed by atoms with Gasteiger partial charge in [0, 0.05) is 6.61 Å². The zero-order chi connectivity index (χ0) is 11.0. The number of hydrogen-bond donors (Lipinski definition) is 4. The maximum Gasteiger partial charge on any atom is 0.151 e. The highest BCUT2D eigenvalue weighted by molar-refractivity contribution is 4.67. The van der Waals surface area contributed by atoms with E-state index < -0.39 is 12.4 Å². The van der Waals surface area contributed by atoms with Crippen molar-refractivity contribution in [2.75, 3.05) is 6.61 Å². The van der Waals surface area contributed by atoms with Gasteiger partial charge in [0.05, 0.1) is 6.10 Å². The summed E-state index contributed by atoms with van der Waals surface area (Å²) in [4.78, 5) is 0. The van der Waals surface area contributed by atoms with Crippen LogP contribution in [0.1, 0.15) is 39.0 Å². The average molecular weight is 206 g/mol. The van der Waals surface area contributed by atoms with Crippen LogP contribution in [0, 0.1) is 5.92 Å². The molecule has 4 N–H and O–H groups in total. The van der Waals surface area contributed by atoms with Crippen LogP contribution in [0.15, 0.2) is 0 Å². The van der Waals surface area contributed by atoms with Crippen molar-refractivity contribution < 1.29 is 20.4 Å². The fourth-order valence-corrected chi connectivity index (χ4v) is 1.60. The smallest absolute Gasteiger partial charge is 0.151 e. The van der Waals surface area contributed by atoms with Gasteiger partial charge in [-0.25, -0.2) is 0 Å². The maximum absolute atomic E-state index is 9.59. The first kappa shape index (κ1) is 13.8. The lowest BCUT2D eigenvalue weighted by Crippen LogP contribution is -2.21. The van der Waals surface area contributed by atoms with Gasteiger partial charge in [-0.05, 0) is 31.6 Å². The second-order valence-corrected chi connectivity index (χ2v) is 3.66. The molecule has 2 atom stereocenters. The zero-order valence-electron chi connectivity index (χ0n) is 8.76. The van der Waals surface area contributed by atoms with Crippen LogP contribution >= 0.6 is 0 Å². The van der Waals surface area contributed by atoms with Crippen LogP contribution in [-0.2, 0) is 0 Å². The van der Waals surface area contributed by atoms with Crippen LogP contribution in [0.3, 0.4) is 0 Å².